The van der Waals surface area contributed by atoms with Gasteiger partial charge in [-0.05, 0) is 31.7 Å². The molecule has 0 unspecified atom stereocenters. The molecular formula is C9H14N2O. The van der Waals surface area contributed by atoms with Crippen molar-refractivity contribution in [3.05, 3.63) is 18.0 Å². The molecule has 0 saturated heterocycles. The Labute approximate surface area is 72.0 Å². The second kappa shape index (κ2) is 2.90. The molecule has 2 atom stereocenters. The summed E-state index contributed by atoms with van der Waals surface area (Å²) in [7, 11) is 0. The minimum atomic E-state index is -0.190. The monoisotopic (exact) mass is 166 g/mol. The van der Waals surface area contributed by atoms with Crippen molar-refractivity contribution in [3.63, 3.8) is 0 Å². The van der Waals surface area contributed by atoms with Crippen LogP contribution in [0.4, 0.5) is 0 Å². The van der Waals surface area contributed by atoms with E-state index in [-0.39, 0.29) is 12.1 Å². The fourth-order valence-electron chi connectivity index (χ4n) is 1.84. The fraction of sp³-hybridized carbons (Fsp3) is 0.667. The van der Waals surface area contributed by atoms with Crippen LogP contribution < -0.4 is 0 Å². The van der Waals surface area contributed by atoms with Gasteiger partial charge in [0.2, 0.25) is 0 Å². The first-order valence-corrected chi connectivity index (χ1v) is 4.46. The summed E-state index contributed by atoms with van der Waals surface area (Å²) in [6.45, 7) is 2.02. The summed E-state index contributed by atoms with van der Waals surface area (Å²) in [6, 6.07) is 0.221. The Balaban J connectivity index is 2.19. The van der Waals surface area contributed by atoms with Crippen molar-refractivity contribution in [1.29, 1.82) is 0 Å². The van der Waals surface area contributed by atoms with Crippen LogP contribution in [0, 0.1) is 6.92 Å². The highest BCUT2D eigenvalue weighted by Gasteiger charge is 2.26. The zero-order valence-corrected chi connectivity index (χ0v) is 7.27. The number of aliphatic hydroxyl groups is 1. The average molecular weight is 166 g/mol. The second-order valence-corrected chi connectivity index (χ2v) is 3.56. The molecule has 0 aliphatic heterocycles. The van der Waals surface area contributed by atoms with Crippen LogP contribution in [0.5, 0.6) is 0 Å². The Morgan fingerprint density at radius 3 is 2.92 bits per heavy atom. The molecule has 1 aliphatic carbocycles. The molecule has 0 radical (unpaired) electrons. The van der Waals surface area contributed by atoms with Crippen molar-refractivity contribution in [2.75, 3.05) is 0 Å². The van der Waals surface area contributed by atoms with Crippen molar-refractivity contribution in [3.8, 4) is 0 Å². The lowest BCUT2D eigenvalue weighted by molar-refractivity contribution is 0.130. The number of hydrogen-bond acceptors (Lipinski definition) is 2. The van der Waals surface area contributed by atoms with Crippen molar-refractivity contribution >= 4 is 0 Å². The Morgan fingerprint density at radius 2 is 2.42 bits per heavy atom. The molecule has 0 bridgehead atoms. The lowest BCUT2D eigenvalue weighted by Crippen LogP contribution is -2.18. The van der Waals surface area contributed by atoms with Crippen LogP contribution in [0.1, 0.15) is 30.9 Å². The Hall–Kier alpha value is -0.830. The molecular weight excluding hydrogens is 152 g/mol. The molecule has 1 fully saturated rings. The van der Waals surface area contributed by atoms with Crippen LogP contribution in [0.25, 0.3) is 0 Å². The third-order valence-electron chi connectivity index (χ3n) is 2.51. The number of rotatable bonds is 1. The predicted molar refractivity (Wildman–Crippen MR) is 45.9 cm³/mol. The van der Waals surface area contributed by atoms with Crippen molar-refractivity contribution in [1.82, 2.24) is 9.78 Å². The van der Waals surface area contributed by atoms with Crippen LogP contribution >= 0.6 is 0 Å². The summed E-state index contributed by atoms with van der Waals surface area (Å²) >= 11 is 0. The van der Waals surface area contributed by atoms with Crippen LogP contribution in [0.15, 0.2) is 12.4 Å². The summed E-state index contributed by atoms with van der Waals surface area (Å²) < 4.78 is 1.90. The maximum atomic E-state index is 9.59. The third kappa shape index (κ3) is 1.25. The van der Waals surface area contributed by atoms with Gasteiger partial charge in [0.25, 0.3) is 0 Å². The number of nitrogens with zero attached hydrogens (tertiary/aromatic N) is 2. The first kappa shape index (κ1) is 7.80. The number of aliphatic hydroxyl groups excluding tert-OH is 1. The molecule has 1 aromatic rings. The van der Waals surface area contributed by atoms with E-state index in [1.807, 2.05) is 24.0 Å². The van der Waals surface area contributed by atoms with Gasteiger partial charge in [-0.25, -0.2) is 0 Å². The SMILES string of the molecule is Cc1cnn([C@@H]2CCC[C@H]2O)c1. The maximum Gasteiger partial charge on any atom is 0.0778 e. The summed E-state index contributed by atoms with van der Waals surface area (Å²) in [5.41, 5.74) is 1.16. The topological polar surface area (TPSA) is 38.0 Å². The zero-order valence-electron chi connectivity index (χ0n) is 7.27. The van der Waals surface area contributed by atoms with Gasteiger partial charge in [-0.15, -0.1) is 0 Å². The highest BCUT2D eigenvalue weighted by Crippen LogP contribution is 2.29. The van der Waals surface area contributed by atoms with E-state index in [0.717, 1.165) is 24.8 Å². The van der Waals surface area contributed by atoms with Gasteiger partial charge >= 0.3 is 0 Å². The predicted octanol–water partition coefficient (Wildman–Crippen LogP) is 1.28. The molecule has 1 aromatic heterocycles. The molecule has 1 saturated carbocycles. The van der Waals surface area contributed by atoms with E-state index < -0.39 is 0 Å². The fourth-order valence-corrected chi connectivity index (χ4v) is 1.84. The average Bonchev–Trinajstić information content (AvgIpc) is 2.58. The molecule has 3 heteroatoms. The van der Waals surface area contributed by atoms with Crippen LogP contribution in [-0.2, 0) is 0 Å². The standard InChI is InChI=1S/C9H14N2O/c1-7-5-10-11(6-7)8-3-2-4-9(8)12/h5-6,8-9,12H,2-4H2,1H3/t8-,9-/m1/s1. The van der Waals surface area contributed by atoms with Crippen molar-refractivity contribution < 1.29 is 5.11 Å². The van der Waals surface area contributed by atoms with E-state index in [2.05, 4.69) is 5.10 Å². The van der Waals surface area contributed by atoms with Crippen LogP contribution in [-0.4, -0.2) is 21.0 Å². The van der Waals surface area contributed by atoms with E-state index in [0.29, 0.717) is 0 Å². The first-order chi connectivity index (χ1) is 5.77. The van der Waals surface area contributed by atoms with Gasteiger partial charge in [-0.2, -0.15) is 5.10 Å². The van der Waals surface area contributed by atoms with Gasteiger partial charge in [0.15, 0.2) is 0 Å². The van der Waals surface area contributed by atoms with E-state index in [1.54, 1.807) is 0 Å². The van der Waals surface area contributed by atoms with E-state index in [4.69, 9.17) is 0 Å². The van der Waals surface area contributed by atoms with Gasteiger partial charge in [0.05, 0.1) is 18.3 Å². The molecule has 0 amide bonds. The van der Waals surface area contributed by atoms with Gasteiger partial charge in [-0.1, -0.05) is 0 Å². The van der Waals surface area contributed by atoms with Gasteiger partial charge < -0.3 is 5.11 Å². The Morgan fingerprint density at radius 1 is 1.58 bits per heavy atom. The van der Waals surface area contributed by atoms with Gasteiger partial charge in [-0.3, -0.25) is 4.68 Å². The summed E-state index contributed by atoms with van der Waals surface area (Å²) in [4.78, 5) is 0. The van der Waals surface area contributed by atoms with Crippen molar-refractivity contribution in [2.45, 2.75) is 38.3 Å². The highest BCUT2D eigenvalue weighted by molar-refractivity contribution is 5.01. The van der Waals surface area contributed by atoms with Crippen molar-refractivity contribution in [2.24, 2.45) is 0 Å². The van der Waals surface area contributed by atoms with Gasteiger partial charge in [0, 0.05) is 6.20 Å². The molecule has 3 nitrogen and oxygen atoms in total. The molecule has 1 aliphatic rings. The molecule has 1 N–H and O–H groups in total. The lowest BCUT2D eigenvalue weighted by atomic mass is 10.2. The van der Waals surface area contributed by atoms with E-state index in [9.17, 15) is 5.11 Å². The lowest BCUT2D eigenvalue weighted by Gasteiger charge is -2.14. The summed E-state index contributed by atoms with van der Waals surface area (Å²) in [5, 5.41) is 13.8. The zero-order chi connectivity index (χ0) is 8.55. The van der Waals surface area contributed by atoms with E-state index >= 15 is 0 Å². The highest BCUT2D eigenvalue weighted by atomic mass is 16.3. The third-order valence-corrected chi connectivity index (χ3v) is 2.51. The maximum absolute atomic E-state index is 9.59. The molecule has 0 spiro atoms. The summed E-state index contributed by atoms with van der Waals surface area (Å²) in [5.74, 6) is 0. The van der Waals surface area contributed by atoms with E-state index in [1.165, 1.54) is 0 Å². The molecule has 0 aromatic carbocycles. The smallest absolute Gasteiger partial charge is 0.0778 e. The van der Waals surface area contributed by atoms with Gasteiger partial charge in [0.1, 0.15) is 0 Å². The van der Waals surface area contributed by atoms with Crippen LogP contribution in [0.2, 0.25) is 0 Å². The number of hydrogen-bond donors (Lipinski definition) is 1. The van der Waals surface area contributed by atoms with Crippen LogP contribution in [0.3, 0.4) is 0 Å². The molecule has 2 rings (SSSR count). The second-order valence-electron chi connectivity index (χ2n) is 3.56. The number of aromatic nitrogens is 2. The minimum absolute atomic E-state index is 0.190. The minimum Gasteiger partial charge on any atom is -0.391 e. The summed E-state index contributed by atoms with van der Waals surface area (Å²) in [6.07, 6.45) is 6.74. The molecule has 12 heavy (non-hydrogen) atoms. The Bertz CT molecular complexity index is 269. The Kier molecular flexibility index (Phi) is 1.89. The largest absolute Gasteiger partial charge is 0.391 e. The molecule has 1 heterocycles. The number of aryl methyl sites for hydroxylation is 1. The first-order valence-electron chi connectivity index (χ1n) is 4.46. The molecule has 66 valence electrons. The normalized spacial score (nSPS) is 29.5. The quantitative estimate of drug-likeness (QED) is 0.682.